The number of aliphatic hydroxyl groups excluding tert-OH is 2. The van der Waals surface area contributed by atoms with Gasteiger partial charge in [-0.25, -0.2) is 4.98 Å². The number of rotatable bonds is 3. The average Bonchev–Trinajstić information content (AvgIpc) is 3.28. The molecule has 2 aliphatic rings. The Morgan fingerprint density at radius 1 is 1.50 bits per heavy atom. The first-order valence-electron chi connectivity index (χ1n) is 7.73. The van der Waals surface area contributed by atoms with Crippen molar-refractivity contribution in [3.63, 3.8) is 0 Å². The zero-order valence-electron chi connectivity index (χ0n) is 13.1. The quantitative estimate of drug-likeness (QED) is 0.658. The fourth-order valence-corrected chi connectivity index (χ4v) is 3.59. The van der Waals surface area contributed by atoms with Gasteiger partial charge >= 0.3 is 0 Å². The SMILES string of the molecule is COc1nc(N)nc2c1ncn2[C@@H]1OC(CO)[C@@H](O)[C@@]12CCCO2. The summed E-state index contributed by atoms with van der Waals surface area (Å²) in [6.07, 6.45) is 0.549. The monoisotopic (exact) mass is 337 g/mol. The summed E-state index contributed by atoms with van der Waals surface area (Å²) in [6, 6.07) is 0. The van der Waals surface area contributed by atoms with Crippen LogP contribution in [-0.4, -0.2) is 67.9 Å². The Balaban J connectivity index is 1.86. The molecule has 4 N–H and O–H groups in total. The van der Waals surface area contributed by atoms with Gasteiger partial charge in [-0.15, -0.1) is 0 Å². The molecule has 2 aliphatic heterocycles. The number of imidazole rings is 1. The highest BCUT2D eigenvalue weighted by molar-refractivity contribution is 5.77. The molecule has 24 heavy (non-hydrogen) atoms. The minimum Gasteiger partial charge on any atom is -0.479 e. The summed E-state index contributed by atoms with van der Waals surface area (Å²) in [4.78, 5) is 12.5. The summed E-state index contributed by atoms with van der Waals surface area (Å²) in [5.41, 5.74) is 5.65. The van der Waals surface area contributed by atoms with Crippen LogP contribution in [0.25, 0.3) is 11.2 Å². The molecule has 0 saturated carbocycles. The molecule has 2 saturated heterocycles. The molecular formula is C14H19N5O5. The molecule has 1 unspecified atom stereocenters. The third kappa shape index (κ3) is 2.00. The Hall–Kier alpha value is -2.01. The van der Waals surface area contributed by atoms with E-state index < -0.39 is 24.0 Å². The number of ether oxygens (including phenoxy) is 3. The molecule has 4 rings (SSSR count). The normalized spacial score (nSPS) is 32.9. The van der Waals surface area contributed by atoms with Crippen molar-refractivity contribution in [1.82, 2.24) is 19.5 Å². The van der Waals surface area contributed by atoms with Crippen LogP contribution in [0.5, 0.6) is 5.88 Å². The van der Waals surface area contributed by atoms with E-state index >= 15 is 0 Å². The minimum atomic E-state index is -0.950. The van der Waals surface area contributed by atoms with Gasteiger partial charge in [0.15, 0.2) is 17.4 Å². The summed E-state index contributed by atoms with van der Waals surface area (Å²) < 4.78 is 18.6. The van der Waals surface area contributed by atoms with Gasteiger partial charge in [-0.2, -0.15) is 9.97 Å². The van der Waals surface area contributed by atoms with Crippen LogP contribution in [0.1, 0.15) is 19.1 Å². The fraction of sp³-hybridized carbons (Fsp3) is 0.643. The van der Waals surface area contributed by atoms with E-state index in [9.17, 15) is 10.2 Å². The highest BCUT2D eigenvalue weighted by Gasteiger charge is 2.59. The molecule has 10 nitrogen and oxygen atoms in total. The Morgan fingerprint density at radius 2 is 2.33 bits per heavy atom. The largest absolute Gasteiger partial charge is 0.479 e. The maximum atomic E-state index is 10.6. The van der Waals surface area contributed by atoms with Crippen LogP contribution >= 0.6 is 0 Å². The number of hydrogen-bond acceptors (Lipinski definition) is 9. The van der Waals surface area contributed by atoms with Gasteiger partial charge in [0, 0.05) is 6.61 Å². The summed E-state index contributed by atoms with van der Waals surface area (Å²) in [7, 11) is 1.47. The molecule has 2 aromatic rings. The molecule has 0 aliphatic carbocycles. The molecular weight excluding hydrogens is 318 g/mol. The highest BCUT2D eigenvalue weighted by atomic mass is 16.6. The van der Waals surface area contributed by atoms with Gasteiger partial charge in [0.05, 0.1) is 20.0 Å². The van der Waals surface area contributed by atoms with Crippen molar-refractivity contribution in [2.45, 2.75) is 36.9 Å². The lowest BCUT2D eigenvalue weighted by Crippen LogP contribution is -2.46. The lowest BCUT2D eigenvalue weighted by Gasteiger charge is -2.31. The third-order valence-corrected chi connectivity index (χ3v) is 4.69. The topological polar surface area (TPSA) is 138 Å². The second-order valence-electron chi connectivity index (χ2n) is 5.98. The number of anilines is 1. The zero-order chi connectivity index (χ0) is 16.9. The van der Waals surface area contributed by atoms with Gasteiger partial charge in [-0.05, 0) is 12.8 Å². The molecule has 130 valence electrons. The van der Waals surface area contributed by atoms with E-state index in [4.69, 9.17) is 19.9 Å². The first kappa shape index (κ1) is 15.5. The number of nitrogens with zero attached hydrogens (tertiary/aromatic N) is 4. The molecule has 1 spiro atoms. The van der Waals surface area contributed by atoms with Gasteiger partial charge < -0.3 is 30.2 Å². The summed E-state index contributed by atoms with van der Waals surface area (Å²) in [5, 5.41) is 20.1. The molecule has 2 fully saturated rings. The zero-order valence-corrected chi connectivity index (χ0v) is 13.1. The van der Waals surface area contributed by atoms with Crippen molar-refractivity contribution in [2.75, 3.05) is 26.1 Å². The number of fused-ring (bicyclic) bond motifs is 1. The van der Waals surface area contributed by atoms with E-state index in [2.05, 4.69) is 15.0 Å². The number of nitrogens with two attached hydrogens (primary N) is 1. The van der Waals surface area contributed by atoms with Crippen LogP contribution in [0.4, 0.5) is 5.95 Å². The summed E-state index contributed by atoms with van der Waals surface area (Å²) in [5.74, 6) is 0.301. The third-order valence-electron chi connectivity index (χ3n) is 4.69. The molecule has 0 radical (unpaired) electrons. The molecule has 0 amide bonds. The van der Waals surface area contributed by atoms with E-state index in [1.807, 2.05) is 0 Å². The molecule has 0 aromatic carbocycles. The van der Waals surface area contributed by atoms with Crippen molar-refractivity contribution in [3.8, 4) is 5.88 Å². The predicted octanol–water partition coefficient (Wildman–Crippen LogP) is -0.783. The van der Waals surface area contributed by atoms with Crippen molar-refractivity contribution >= 4 is 17.1 Å². The van der Waals surface area contributed by atoms with Gasteiger partial charge in [0.2, 0.25) is 11.8 Å². The second-order valence-corrected chi connectivity index (χ2v) is 5.98. The van der Waals surface area contributed by atoms with E-state index in [1.165, 1.54) is 13.4 Å². The summed E-state index contributed by atoms with van der Waals surface area (Å²) >= 11 is 0. The van der Waals surface area contributed by atoms with E-state index in [-0.39, 0.29) is 18.4 Å². The van der Waals surface area contributed by atoms with Crippen molar-refractivity contribution in [3.05, 3.63) is 6.33 Å². The Labute approximate surface area is 137 Å². The number of aliphatic hydroxyl groups is 2. The number of nitrogen functional groups attached to an aromatic ring is 1. The first-order chi connectivity index (χ1) is 11.6. The maximum Gasteiger partial charge on any atom is 0.246 e. The summed E-state index contributed by atoms with van der Waals surface area (Å²) in [6.45, 7) is 0.206. The average molecular weight is 337 g/mol. The van der Waals surface area contributed by atoms with Crippen LogP contribution in [0, 0.1) is 0 Å². The van der Waals surface area contributed by atoms with Crippen LogP contribution in [0.15, 0.2) is 6.33 Å². The molecule has 2 aromatic heterocycles. The van der Waals surface area contributed by atoms with E-state index in [0.717, 1.165) is 6.42 Å². The first-order valence-corrected chi connectivity index (χ1v) is 7.73. The number of aromatic nitrogens is 4. The minimum absolute atomic E-state index is 0.0414. The van der Waals surface area contributed by atoms with E-state index in [0.29, 0.717) is 24.2 Å². The van der Waals surface area contributed by atoms with Gasteiger partial charge in [-0.1, -0.05) is 0 Å². The van der Waals surface area contributed by atoms with Crippen LogP contribution in [0.2, 0.25) is 0 Å². The van der Waals surface area contributed by atoms with Crippen LogP contribution in [-0.2, 0) is 9.47 Å². The predicted molar refractivity (Wildman–Crippen MR) is 81.2 cm³/mol. The highest BCUT2D eigenvalue weighted by Crippen LogP contribution is 2.48. The standard InChI is InChI=1S/C14H19N5O5/c1-22-11-8-10(17-13(15)18-11)19(6-16-8)12-14(3-2-4-23-14)9(21)7(5-20)24-12/h6-7,9,12,20-21H,2-5H2,1H3,(H2,15,17,18)/t7?,9-,12-,14+/m1/s1. The lowest BCUT2D eigenvalue weighted by atomic mass is 9.91. The lowest BCUT2D eigenvalue weighted by molar-refractivity contribution is -0.119. The Bertz CT molecular complexity index is 759. The maximum absolute atomic E-state index is 10.6. The van der Waals surface area contributed by atoms with Gasteiger partial charge in [0.1, 0.15) is 17.8 Å². The molecule has 4 heterocycles. The number of hydrogen-bond donors (Lipinski definition) is 3. The molecule has 10 heteroatoms. The van der Waals surface area contributed by atoms with Crippen molar-refractivity contribution in [1.29, 1.82) is 0 Å². The smallest absolute Gasteiger partial charge is 0.246 e. The molecule has 0 bridgehead atoms. The van der Waals surface area contributed by atoms with Crippen molar-refractivity contribution < 1.29 is 24.4 Å². The Kier molecular flexibility index (Phi) is 3.57. The van der Waals surface area contributed by atoms with Gasteiger partial charge in [-0.3, -0.25) is 4.57 Å². The van der Waals surface area contributed by atoms with Crippen LogP contribution < -0.4 is 10.5 Å². The van der Waals surface area contributed by atoms with Crippen LogP contribution in [0.3, 0.4) is 0 Å². The second kappa shape index (κ2) is 5.52. The van der Waals surface area contributed by atoms with Gasteiger partial charge in [0.25, 0.3) is 0 Å². The Morgan fingerprint density at radius 3 is 3.00 bits per heavy atom. The fourth-order valence-electron chi connectivity index (χ4n) is 3.59. The molecule has 4 atom stereocenters. The number of methoxy groups -OCH3 is 1. The van der Waals surface area contributed by atoms with E-state index in [1.54, 1.807) is 4.57 Å². The van der Waals surface area contributed by atoms with Crippen molar-refractivity contribution in [2.24, 2.45) is 0 Å².